The quantitative estimate of drug-likeness (QED) is 0.766. The van der Waals surface area contributed by atoms with E-state index in [1.165, 1.54) is 0 Å². The zero-order chi connectivity index (χ0) is 14.5. The molecule has 0 heterocycles. The summed E-state index contributed by atoms with van der Waals surface area (Å²) in [6.07, 6.45) is 0. The van der Waals surface area contributed by atoms with E-state index in [0.717, 1.165) is 16.6 Å². The van der Waals surface area contributed by atoms with Gasteiger partial charge in [-0.2, -0.15) is 0 Å². The van der Waals surface area contributed by atoms with Crippen molar-refractivity contribution < 1.29 is 13.5 Å². The average Bonchev–Trinajstić information content (AvgIpc) is 2.39. The largest absolute Gasteiger partial charge is 0.492 e. The van der Waals surface area contributed by atoms with E-state index in [1.54, 1.807) is 0 Å². The number of nitrogens with one attached hydrogen (secondary N) is 1. The molecular weight excluding hydrogens is 352 g/mol. The molecule has 0 amide bonds. The molecule has 6 heteroatoms. The molecule has 0 unspecified atom stereocenters. The van der Waals surface area contributed by atoms with Gasteiger partial charge in [-0.15, -0.1) is 0 Å². The Morgan fingerprint density at radius 3 is 2.50 bits per heavy atom. The van der Waals surface area contributed by atoms with Crippen LogP contribution in [0.3, 0.4) is 0 Å². The van der Waals surface area contributed by atoms with Crippen LogP contribution in [0, 0.1) is 11.6 Å². The summed E-state index contributed by atoms with van der Waals surface area (Å²) in [5.41, 5.74) is 0.0764. The van der Waals surface area contributed by atoms with Crippen LogP contribution >= 0.6 is 27.5 Å². The predicted molar refractivity (Wildman–Crippen MR) is 79.5 cm³/mol. The number of rotatable bonds is 5. The Hall–Kier alpha value is -1.33. The number of benzene rings is 2. The predicted octanol–water partition coefficient (Wildman–Crippen LogP) is 4.87. The molecular formula is C14H11BrClF2NO. The van der Waals surface area contributed by atoms with Crippen LogP contribution in [-0.4, -0.2) is 13.2 Å². The second-order valence-corrected chi connectivity index (χ2v) is 5.30. The Labute approximate surface area is 128 Å². The van der Waals surface area contributed by atoms with Crippen LogP contribution < -0.4 is 10.1 Å². The van der Waals surface area contributed by atoms with Gasteiger partial charge in [0.2, 0.25) is 0 Å². The lowest BCUT2D eigenvalue weighted by atomic mass is 10.3. The van der Waals surface area contributed by atoms with Crippen LogP contribution in [0.5, 0.6) is 5.75 Å². The van der Waals surface area contributed by atoms with E-state index in [1.807, 2.05) is 24.3 Å². The first-order valence-electron chi connectivity index (χ1n) is 5.83. The zero-order valence-corrected chi connectivity index (χ0v) is 12.6. The molecule has 20 heavy (non-hydrogen) atoms. The highest BCUT2D eigenvalue weighted by atomic mass is 79.9. The van der Waals surface area contributed by atoms with E-state index < -0.39 is 11.6 Å². The highest BCUT2D eigenvalue weighted by Crippen LogP contribution is 2.26. The van der Waals surface area contributed by atoms with E-state index >= 15 is 0 Å². The van der Waals surface area contributed by atoms with Crippen molar-refractivity contribution in [2.75, 3.05) is 18.5 Å². The van der Waals surface area contributed by atoms with Crippen LogP contribution in [-0.2, 0) is 0 Å². The maximum Gasteiger partial charge on any atom is 0.150 e. The van der Waals surface area contributed by atoms with Crippen LogP contribution in [0.2, 0.25) is 5.02 Å². The van der Waals surface area contributed by atoms with Crippen LogP contribution in [0.1, 0.15) is 0 Å². The SMILES string of the molecule is Fc1cc(F)c(NCCOc2ccc(Br)cc2)c(Cl)c1. The van der Waals surface area contributed by atoms with E-state index in [0.29, 0.717) is 18.9 Å². The van der Waals surface area contributed by atoms with Gasteiger partial charge in [-0.1, -0.05) is 27.5 Å². The topological polar surface area (TPSA) is 21.3 Å². The Kier molecular flexibility index (Phi) is 5.20. The third-order valence-corrected chi connectivity index (χ3v) is 3.32. The molecule has 2 aromatic rings. The van der Waals surface area contributed by atoms with Crippen molar-refractivity contribution >= 4 is 33.2 Å². The molecule has 106 valence electrons. The molecule has 0 atom stereocenters. The van der Waals surface area contributed by atoms with Gasteiger partial charge in [-0.05, 0) is 30.3 Å². The van der Waals surface area contributed by atoms with Crippen LogP contribution in [0.25, 0.3) is 0 Å². The van der Waals surface area contributed by atoms with E-state index in [4.69, 9.17) is 16.3 Å². The second-order valence-electron chi connectivity index (χ2n) is 3.97. The molecule has 0 aliphatic rings. The lowest BCUT2D eigenvalue weighted by molar-refractivity contribution is 0.332. The molecule has 0 bridgehead atoms. The first-order chi connectivity index (χ1) is 9.56. The normalized spacial score (nSPS) is 10.4. The smallest absolute Gasteiger partial charge is 0.150 e. The van der Waals surface area contributed by atoms with Crippen molar-refractivity contribution in [2.45, 2.75) is 0 Å². The molecule has 0 aliphatic carbocycles. The third-order valence-electron chi connectivity index (χ3n) is 2.49. The van der Waals surface area contributed by atoms with Gasteiger partial charge in [-0.3, -0.25) is 0 Å². The molecule has 0 spiro atoms. The fourth-order valence-corrected chi connectivity index (χ4v) is 2.11. The lowest BCUT2D eigenvalue weighted by Crippen LogP contribution is -2.12. The van der Waals surface area contributed by atoms with Crippen molar-refractivity contribution in [1.29, 1.82) is 0 Å². The minimum Gasteiger partial charge on any atom is -0.492 e. The van der Waals surface area contributed by atoms with Crippen molar-refractivity contribution in [2.24, 2.45) is 0 Å². The van der Waals surface area contributed by atoms with Crippen LogP contribution in [0.4, 0.5) is 14.5 Å². The number of ether oxygens (including phenoxy) is 1. The maximum absolute atomic E-state index is 13.5. The Morgan fingerprint density at radius 1 is 1.15 bits per heavy atom. The monoisotopic (exact) mass is 361 g/mol. The fourth-order valence-electron chi connectivity index (χ4n) is 1.59. The second kappa shape index (κ2) is 6.90. The van der Waals surface area contributed by atoms with Crippen molar-refractivity contribution in [1.82, 2.24) is 0 Å². The molecule has 2 rings (SSSR count). The number of halogens is 4. The molecule has 2 aromatic carbocycles. The first kappa shape index (κ1) is 15.1. The Balaban J connectivity index is 1.86. The van der Waals surface area contributed by atoms with Gasteiger partial charge >= 0.3 is 0 Å². The van der Waals surface area contributed by atoms with Crippen LogP contribution in [0.15, 0.2) is 40.9 Å². The van der Waals surface area contributed by atoms with Gasteiger partial charge in [0.25, 0.3) is 0 Å². The summed E-state index contributed by atoms with van der Waals surface area (Å²) < 4.78 is 32.8. The molecule has 0 fully saturated rings. The van der Waals surface area contributed by atoms with Gasteiger partial charge in [0.15, 0.2) is 5.82 Å². The van der Waals surface area contributed by atoms with E-state index in [-0.39, 0.29) is 10.7 Å². The molecule has 0 saturated carbocycles. The fraction of sp³-hybridized carbons (Fsp3) is 0.143. The number of hydrogen-bond acceptors (Lipinski definition) is 2. The summed E-state index contributed by atoms with van der Waals surface area (Å²) in [5, 5.41) is 2.79. The summed E-state index contributed by atoms with van der Waals surface area (Å²) in [6, 6.07) is 9.19. The van der Waals surface area contributed by atoms with Gasteiger partial charge in [0.05, 0.1) is 10.7 Å². The van der Waals surface area contributed by atoms with Gasteiger partial charge < -0.3 is 10.1 Å². The Morgan fingerprint density at radius 2 is 1.85 bits per heavy atom. The molecule has 0 aliphatic heterocycles. The number of anilines is 1. The average molecular weight is 363 g/mol. The molecule has 0 radical (unpaired) electrons. The Bertz CT molecular complexity index is 569. The van der Waals surface area contributed by atoms with E-state index in [9.17, 15) is 8.78 Å². The minimum absolute atomic E-state index is 0.00569. The summed E-state index contributed by atoms with van der Waals surface area (Å²) in [6.45, 7) is 0.674. The molecule has 1 N–H and O–H groups in total. The summed E-state index contributed by atoms with van der Waals surface area (Å²) in [4.78, 5) is 0. The molecule has 0 saturated heterocycles. The first-order valence-corrected chi connectivity index (χ1v) is 7.00. The van der Waals surface area contributed by atoms with Crippen molar-refractivity contribution in [3.8, 4) is 5.75 Å². The lowest BCUT2D eigenvalue weighted by Gasteiger charge is -2.11. The maximum atomic E-state index is 13.5. The highest BCUT2D eigenvalue weighted by molar-refractivity contribution is 9.10. The van der Waals surface area contributed by atoms with Gasteiger partial charge in [0, 0.05) is 17.1 Å². The van der Waals surface area contributed by atoms with Gasteiger partial charge in [-0.25, -0.2) is 8.78 Å². The summed E-state index contributed by atoms with van der Waals surface area (Å²) >= 11 is 9.08. The highest BCUT2D eigenvalue weighted by Gasteiger charge is 2.09. The number of hydrogen-bond donors (Lipinski definition) is 1. The third kappa shape index (κ3) is 4.08. The van der Waals surface area contributed by atoms with E-state index in [2.05, 4.69) is 21.2 Å². The summed E-state index contributed by atoms with van der Waals surface area (Å²) in [7, 11) is 0. The van der Waals surface area contributed by atoms with Gasteiger partial charge in [0.1, 0.15) is 18.2 Å². The van der Waals surface area contributed by atoms with Crippen molar-refractivity contribution in [3.05, 3.63) is 57.5 Å². The zero-order valence-electron chi connectivity index (χ0n) is 10.3. The summed E-state index contributed by atoms with van der Waals surface area (Å²) in [5.74, 6) is -0.719. The van der Waals surface area contributed by atoms with Crippen molar-refractivity contribution in [3.63, 3.8) is 0 Å². The minimum atomic E-state index is -0.723. The standard InChI is InChI=1S/C14H11BrClF2NO/c15-9-1-3-11(4-2-9)20-6-5-19-14-12(16)7-10(17)8-13(14)18/h1-4,7-8,19H,5-6H2. The molecule has 2 nitrogen and oxygen atoms in total. The molecule has 0 aromatic heterocycles.